The van der Waals surface area contributed by atoms with Crippen LogP contribution in [0, 0.1) is 6.92 Å². The zero-order valence-corrected chi connectivity index (χ0v) is 17.1. The Morgan fingerprint density at radius 3 is 2.42 bits per heavy atom. The van der Waals surface area contributed by atoms with E-state index in [4.69, 9.17) is 21.4 Å². The molecule has 4 rings (SSSR count). The van der Waals surface area contributed by atoms with E-state index < -0.39 is 19.4 Å². The van der Waals surface area contributed by atoms with Gasteiger partial charge in [-0.05, 0) is 0 Å². The second-order valence-corrected chi connectivity index (χ2v) is 14.7. The molecule has 0 saturated heterocycles. The predicted octanol–water partition coefficient (Wildman–Crippen LogP) is 6.78. The molecule has 1 heterocycles. The third-order valence-corrected chi connectivity index (χ3v) is 9.68. The van der Waals surface area contributed by atoms with Crippen LogP contribution < -0.4 is 0 Å². The third-order valence-electron chi connectivity index (χ3n) is 4.50. The van der Waals surface area contributed by atoms with Crippen LogP contribution in [-0.2, 0) is 19.4 Å². The molecule has 0 N–H and O–H groups in total. The Morgan fingerprint density at radius 1 is 0.958 bits per heavy atom. The molecule has 0 spiro atoms. The first kappa shape index (κ1) is 16.4. The Morgan fingerprint density at radius 2 is 1.75 bits per heavy atom. The van der Waals surface area contributed by atoms with E-state index in [-0.39, 0.29) is 3.63 Å². The molecule has 1 atom stereocenters. The van der Waals surface area contributed by atoms with E-state index in [9.17, 15) is 0 Å². The van der Waals surface area contributed by atoms with Crippen molar-refractivity contribution in [1.29, 1.82) is 0 Å². The number of allylic oxidation sites excluding steroid dienone is 1. The van der Waals surface area contributed by atoms with Crippen molar-refractivity contribution in [3.05, 3.63) is 83.3 Å². The minimum absolute atomic E-state index is 0.111. The third kappa shape index (κ3) is 2.75. The number of halogens is 2. The van der Waals surface area contributed by atoms with Gasteiger partial charge in [-0.1, -0.05) is 0 Å². The molecule has 0 saturated carbocycles. The quantitative estimate of drug-likeness (QED) is 0.444. The predicted molar refractivity (Wildman–Crippen MR) is 97.6 cm³/mol. The Labute approximate surface area is 156 Å². The molecule has 1 unspecified atom stereocenters. The summed E-state index contributed by atoms with van der Waals surface area (Å²) in [6.45, 7) is 2.15. The minimum atomic E-state index is -2.58. The van der Waals surface area contributed by atoms with Crippen molar-refractivity contribution in [1.82, 2.24) is 0 Å². The Hall–Kier alpha value is -1.08. The molecule has 0 aliphatic heterocycles. The molecular formula is C20H15Cl2OZr. The number of furan rings is 1. The second kappa shape index (κ2) is 6.67. The van der Waals surface area contributed by atoms with Gasteiger partial charge in [0.25, 0.3) is 0 Å². The van der Waals surface area contributed by atoms with E-state index in [1.807, 2.05) is 18.2 Å². The van der Waals surface area contributed by atoms with Crippen LogP contribution in [0.4, 0.5) is 0 Å². The number of rotatable bonds is 3. The summed E-state index contributed by atoms with van der Waals surface area (Å²) in [6, 6.07) is 18.7. The molecule has 3 aromatic rings. The summed E-state index contributed by atoms with van der Waals surface area (Å²) < 4.78 is 5.76. The van der Waals surface area contributed by atoms with Crippen molar-refractivity contribution < 1.29 is 23.8 Å². The first-order valence-electron chi connectivity index (χ1n) is 7.79. The monoisotopic (exact) mass is 431 g/mol. The summed E-state index contributed by atoms with van der Waals surface area (Å²) in [5.41, 5.74) is 7.33. The van der Waals surface area contributed by atoms with Crippen LogP contribution in [0.15, 0.2) is 65.3 Å². The second-order valence-electron chi connectivity index (χ2n) is 5.93. The average Bonchev–Trinajstić information content (AvgIpc) is 3.22. The number of hydrogen-bond donors (Lipinski definition) is 0. The SMILES string of the molecule is Cc1ccc2c(c1-c1ccccc1)C=C(c1ccco1)[CH]2[Zr]([Cl])[Cl]. The van der Waals surface area contributed by atoms with Crippen LogP contribution in [-0.4, -0.2) is 0 Å². The van der Waals surface area contributed by atoms with Gasteiger partial charge in [0, 0.05) is 0 Å². The zero-order valence-electron chi connectivity index (χ0n) is 13.1. The van der Waals surface area contributed by atoms with Crippen molar-refractivity contribution >= 4 is 28.7 Å². The summed E-state index contributed by atoms with van der Waals surface area (Å²) in [5, 5.41) is 0. The molecule has 24 heavy (non-hydrogen) atoms. The van der Waals surface area contributed by atoms with Crippen LogP contribution in [0.3, 0.4) is 0 Å². The molecule has 1 aliphatic rings. The molecule has 0 amide bonds. The standard InChI is InChI=1S/C20H15O.2ClH.Zr/c1-14-9-10-16-12-17(19-8-5-11-21-19)13-18(16)20(14)15-6-3-2-4-7-15;;;/h2-13H,1H3;2*1H;/q;;;+2/p-2. The van der Waals surface area contributed by atoms with Gasteiger partial charge in [-0.15, -0.1) is 0 Å². The van der Waals surface area contributed by atoms with Gasteiger partial charge < -0.3 is 0 Å². The fourth-order valence-corrected chi connectivity index (χ4v) is 8.55. The maximum atomic E-state index is 6.54. The van der Waals surface area contributed by atoms with Gasteiger partial charge in [0.15, 0.2) is 0 Å². The van der Waals surface area contributed by atoms with Gasteiger partial charge >= 0.3 is 157 Å². The molecular weight excluding hydrogens is 418 g/mol. The van der Waals surface area contributed by atoms with Crippen LogP contribution in [0.2, 0.25) is 0 Å². The van der Waals surface area contributed by atoms with E-state index in [0.717, 1.165) is 11.3 Å². The molecule has 4 heteroatoms. The van der Waals surface area contributed by atoms with Gasteiger partial charge in [-0.2, -0.15) is 0 Å². The summed E-state index contributed by atoms with van der Waals surface area (Å²) in [7, 11) is 13.1. The first-order chi connectivity index (χ1) is 11.7. The van der Waals surface area contributed by atoms with Gasteiger partial charge in [-0.3, -0.25) is 0 Å². The molecule has 1 aromatic heterocycles. The Balaban J connectivity index is 1.96. The van der Waals surface area contributed by atoms with Crippen LogP contribution in [0.25, 0.3) is 22.8 Å². The first-order valence-corrected chi connectivity index (χ1v) is 15.5. The van der Waals surface area contributed by atoms with Gasteiger partial charge in [0.2, 0.25) is 0 Å². The summed E-state index contributed by atoms with van der Waals surface area (Å²) in [4.78, 5) is 0. The average molecular weight is 433 g/mol. The van der Waals surface area contributed by atoms with E-state index in [2.05, 4.69) is 49.4 Å². The fraction of sp³-hybridized carbons (Fsp3) is 0.100. The molecule has 0 bridgehead atoms. The fourth-order valence-electron chi connectivity index (χ4n) is 3.44. The molecule has 0 fully saturated rings. The molecule has 0 radical (unpaired) electrons. The summed E-state index contributed by atoms with van der Waals surface area (Å²) in [6.07, 6.45) is 3.92. The van der Waals surface area contributed by atoms with Crippen molar-refractivity contribution in [3.8, 4) is 11.1 Å². The molecule has 1 aliphatic carbocycles. The summed E-state index contributed by atoms with van der Waals surface area (Å²) >= 11 is -2.58. The van der Waals surface area contributed by atoms with Gasteiger partial charge in [0.1, 0.15) is 0 Å². The van der Waals surface area contributed by atoms with Crippen LogP contribution >= 0.6 is 17.0 Å². The van der Waals surface area contributed by atoms with Gasteiger partial charge in [-0.25, -0.2) is 0 Å². The summed E-state index contributed by atoms with van der Waals surface area (Å²) in [5.74, 6) is 0.868. The Bertz CT molecular complexity index is 899. The molecule has 2 aromatic carbocycles. The zero-order chi connectivity index (χ0) is 16.7. The van der Waals surface area contributed by atoms with Crippen molar-refractivity contribution in [2.45, 2.75) is 10.5 Å². The maximum absolute atomic E-state index is 6.54. The van der Waals surface area contributed by atoms with E-state index in [1.165, 1.54) is 27.8 Å². The Kier molecular flexibility index (Phi) is 4.56. The normalized spacial score (nSPS) is 16.0. The van der Waals surface area contributed by atoms with Crippen LogP contribution in [0.1, 0.15) is 26.1 Å². The van der Waals surface area contributed by atoms with Crippen molar-refractivity contribution in [2.75, 3.05) is 0 Å². The topological polar surface area (TPSA) is 13.1 Å². The van der Waals surface area contributed by atoms with Gasteiger partial charge in [0.05, 0.1) is 0 Å². The van der Waals surface area contributed by atoms with E-state index in [1.54, 1.807) is 6.26 Å². The van der Waals surface area contributed by atoms with E-state index >= 15 is 0 Å². The molecule has 1 nitrogen and oxygen atoms in total. The van der Waals surface area contributed by atoms with Crippen LogP contribution in [0.5, 0.6) is 0 Å². The van der Waals surface area contributed by atoms with E-state index in [0.29, 0.717) is 0 Å². The number of aryl methyl sites for hydroxylation is 1. The molecule has 119 valence electrons. The number of benzene rings is 2. The number of fused-ring (bicyclic) bond motifs is 1. The number of hydrogen-bond acceptors (Lipinski definition) is 1. The van der Waals surface area contributed by atoms with Crippen molar-refractivity contribution in [3.63, 3.8) is 0 Å². The van der Waals surface area contributed by atoms with Crippen molar-refractivity contribution in [2.24, 2.45) is 0 Å².